The van der Waals surface area contributed by atoms with E-state index in [-0.39, 0.29) is 36.1 Å². The quantitative estimate of drug-likeness (QED) is 0.286. The number of rotatable bonds is 7. The lowest BCUT2D eigenvalue weighted by molar-refractivity contribution is 0.102. The standard InChI is InChI=1S/C17H13F3N2O4S/c18-11-6-9(2-1-5-22-27(24)25)15(19)14(16(11)20)17(23)10-3-4-12-13(7-10)26-8-21-12/h3-4,6-8,22H,1-2,5H2,(H,24,25)/p-1. The van der Waals surface area contributed by atoms with Crippen molar-refractivity contribution in [2.24, 2.45) is 0 Å². The normalized spacial score (nSPS) is 12.4. The molecule has 0 radical (unpaired) electrons. The smallest absolute Gasteiger partial charge is 0.199 e. The molecule has 1 heterocycles. The van der Waals surface area contributed by atoms with E-state index in [2.05, 4.69) is 9.71 Å². The van der Waals surface area contributed by atoms with Gasteiger partial charge < -0.3 is 8.97 Å². The molecule has 0 fully saturated rings. The van der Waals surface area contributed by atoms with Crippen LogP contribution >= 0.6 is 0 Å². The number of nitrogens with zero attached hydrogens (tertiary/aromatic N) is 1. The van der Waals surface area contributed by atoms with Crippen LogP contribution in [0.3, 0.4) is 0 Å². The number of benzene rings is 2. The first-order chi connectivity index (χ1) is 12.9. The van der Waals surface area contributed by atoms with Gasteiger partial charge in [-0.1, -0.05) is 0 Å². The molecule has 0 spiro atoms. The minimum Gasteiger partial charge on any atom is -0.760 e. The summed E-state index contributed by atoms with van der Waals surface area (Å²) in [6, 6.07) is 4.68. The molecule has 6 nitrogen and oxygen atoms in total. The number of aromatic nitrogens is 1. The minimum absolute atomic E-state index is 0.0139. The molecule has 0 aliphatic carbocycles. The van der Waals surface area contributed by atoms with Crippen molar-refractivity contribution in [3.05, 3.63) is 64.8 Å². The number of fused-ring (bicyclic) bond motifs is 1. The Balaban J connectivity index is 1.93. The van der Waals surface area contributed by atoms with E-state index in [1.54, 1.807) is 0 Å². The summed E-state index contributed by atoms with van der Waals surface area (Å²) in [6.45, 7) is -0.0139. The maximum Gasteiger partial charge on any atom is 0.199 e. The van der Waals surface area contributed by atoms with Crippen molar-refractivity contribution in [3.8, 4) is 0 Å². The number of halogens is 3. The van der Waals surface area contributed by atoms with E-state index >= 15 is 0 Å². The highest BCUT2D eigenvalue weighted by molar-refractivity contribution is 7.77. The van der Waals surface area contributed by atoms with Gasteiger partial charge in [0.05, 0.1) is 5.56 Å². The van der Waals surface area contributed by atoms with Gasteiger partial charge in [0.1, 0.15) is 11.3 Å². The van der Waals surface area contributed by atoms with Crippen molar-refractivity contribution in [2.45, 2.75) is 12.8 Å². The van der Waals surface area contributed by atoms with E-state index in [0.717, 1.165) is 6.39 Å². The van der Waals surface area contributed by atoms with Crippen LogP contribution in [0.5, 0.6) is 0 Å². The van der Waals surface area contributed by atoms with E-state index in [9.17, 15) is 26.7 Å². The molecule has 1 aromatic heterocycles. The SMILES string of the molecule is O=C(c1ccc2ncoc2c1)c1c(F)c(F)cc(CCCNS(=O)[O-])c1F. The van der Waals surface area contributed by atoms with Gasteiger partial charge in [0.15, 0.2) is 29.4 Å². The van der Waals surface area contributed by atoms with Crippen molar-refractivity contribution < 1.29 is 31.1 Å². The molecule has 0 amide bonds. The summed E-state index contributed by atoms with van der Waals surface area (Å²) in [6.07, 6.45) is 1.20. The third-order valence-electron chi connectivity index (χ3n) is 3.89. The van der Waals surface area contributed by atoms with Gasteiger partial charge >= 0.3 is 0 Å². The molecule has 0 aliphatic rings. The number of carbonyl (C=O) groups is 1. The molecule has 3 rings (SSSR count). The first kappa shape index (κ1) is 19.2. The number of nitrogens with one attached hydrogen (secondary N) is 1. The van der Waals surface area contributed by atoms with Crippen molar-refractivity contribution in [2.75, 3.05) is 6.54 Å². The zero-order valence-electron chi connectivity index (χ0n) is 13.6. The van der Waals surface area contributed by atoms with Crippen LogP contribution < -0.4 is 4.72 Å². The fourth-order valence-corrected chi connectivity index (χ4v) is 2.92. The molecule has 27 heavy (non-hydrogen) atoms. The first-order valence-electron chi connectivity index (χ1n) is 7.75. The second kappa shape index (κ2) is 7.99. The van der Waals surface area contributed by atoms with Crippen molar-refractivity contribution >= 4 is 28.1 Å². The molecular weight excluding hydrogens is 385 g/mol. The Labute approximate surface area is 153 Å². The highest BCUT2D eigenvalue weighted by Crippen LogP contribution is 2.25. The van der Waals surface area contributed by atoms with Gasteiger partial charge in [-0.25, -0.2) is 22.9 Å². The zero-order valence-corrected chi connectivity index (χ0v) is 14.4. The van der Waals surface area contributed by atoms with Gasteiger partial charge in [-0.3, -0.25) is 9.00 Å². The predicted molar refractivity (Wildman–Crippen MR) is 89.0 cm³/mol. The molecule has 1 N–H and O–H groups in total. The molecule has 1 atom stereocenters. The molecule has 0 saturated heterocycles. The second-order valence-corrected chi connectivity index (χ2v) is 6.38. The van der Waals surface area contributed by atoms with Crippen LogP contribution in [0.2, 0.25) is 0 Å². The lowest BCUT2D eigenvalue weighted by atomic mass is 9.97. The Morgan fingerprint density at radius 2 is 2.00 bits per heavy atom. The van der Waals surface area contributed by atoms with Crippen LogP contribution in [0.1, 0.15) is 27.9 Å². The summed E-state index contributed by atoms with van der Waals surface area (Å²) >= 11 is -2.48. The Kier molecular flexibility index (Phi) is 5.68. The van der Waals surface area contributed by atoms with Crippen LogP contribution in [-0.4, -0.2) is 26.1 Å². The van der Waals surface area contributed by atoms with Crippen molar-refractivity contribution in [3.63, 3.8) is 0 Å². The number of ketones is 1. The molecule has 2 aromatic carbocycles. The van der Waals surface area contributed by atoms with Crippen LogP contribution in [0.4, 0.5) is 13.2 Å². The summed E-state index contributed by atoms with van der Waals surface area (Å²) in [5.41, 5.74) is -0.622. The van der Waals surface area contributed by atoms with Crippen LogP contribution in [0.25, 0.3) is 11.1 Å². The predicted octanol–water partition coefficient (Wildman–Crippen LogP) is 2.79. The number of hydrogen-bond donors (Lipinski definition) is 1. The van der Waals surface area contributed by atoms with Crippen molar-refractivity contribution in [1.29, 1.82) is 0 Å². The highest BCUT2D eigenvalue weighted by Gasteiger charge is 2.25. The van der Waals surface area contributed by atoms with Crippen molar-refractivity contribution in [1.82, 2.24) is 9.71 Å². The molecule has 0 bridgehead atoms. The maximum atomic E-state index is 14.7. The monoisotopic (exact) mass is 397 g/mol. The largest absolute Gasteiger partial charge is 0.760 e. The Morgan fingerprint density at radius 3 is 2.74 bits per heavy atom. The lowest BCUT2D eigenvalue weighted by Crippen LogP contribution is -2.18. The molecular formula is C17H12F3N2O4S-. The molecule has 142 valence electrons. The summed E-state index contributed by atoms with van der Waals surface area (Å²) < 4.78 is 70.7. The Hall–Kier alpha value is -2.56. The molecule has 0 saturated carbocycles. The fraction of sp³-hybridized carbons (Fsp3) is 0.176. The summed E-state index contributed by atoms with van der Waals surface area (Å²) in [4.78, 5) is 16.4. The van der Waals surface area contributed by atoms with E-state index in [1.165, 1.54) is 18.2 Å². The average Bonchev–Trinajstić information content (AvgIpc) is 3.10. The van der Waals surface area contributed by atoms with Gasteiger partial charge in [-0.05, 0) is 42.7 Å². The fourth-order valence-electron chi connectivity index (χ4n) is 2.61. The maximum absolute atomic E-state index is 14.7. The Morgan fingerprint density at radius 1 is 1.22 bits per heavy atom. The van der Waals surface area contributed by atoms with Gasteiger partial charge in [-0.2, -0.15) is 0 Å². The van der Waals surface area contributed by atoms with Crippen LogP contribution in [-0.2, 0) is 17.7 Å². The summed E-state index contributed by atoms with van der Waals surface area (Å²) in [5.74, 6) is -5.17. The van der Waals surface area contributed by atoms with E-state index in [1.807, 2.05) is 0 Å². The third kappa shape index (κ3) is 4.07. The Bertz CT molecular complexity index is 1040. The summed E-state index contributed by atoms with van der Waals surface area (Å²) in [5, 5.41) is 0. The van der Waals surface area contributed by atoms with Gasteiger partial charge in [-0.15, -0.1) is 0 Å². The van der Waals surface area contributed by atoms with Gasteiger partial charge in [0, 0.05) is 23.4 Å². The van der Waals surface area contributed by atoms with Gasteiger partial charge in [0.25, 0.3) is 0 Å². The first-order valence-corrected chi connectivity index (χ1v) is 8.83. The highest BCUT2D eigenvalue weighted by atomic mass is 32.2. The second-order valence-electron chi connectivity index (χ2n) is 5.62. The average molecular weight is 397 g/mol. The van der Waals surface area contributed by atoms with Gasteiger partial charge in [0.2, 0.25) is 0 Å². The number of aryl methyl sites for hydroxylation is 1. The number of oxazole rings is 1. The van der Waals surface area contributed by atoms with E-state index in [4.69, 9.17) is 4.42 Å². The molecule has 3 aromatic rings. The van der Waals surface area contributed by atoms with Crippen LogP contribution in [0.15, 0.2) is 35.1 Å². The summed E-state index contributed by atoms with van der Waals surface area (Å²) in [7, 11) is 0. The van der Waals surface area contributed by atoms with Crippen LogP contribution in [0, 0.1) is 17.5 Å². The lowest BCUT2D eigenvalue weighted by Gasteiger charge is -2.11. The third-order valence-corrected chi connectivity index (χ3v) is 4.33. The number of hydrogen-bond acceptors (Lipinski definition) is 5. The zero-order chi connectivity index (χ0) is 19.6. The van der Waals surface area contributed by atoms with E-state index < -0.39 is 40.1 Å². The topological polar surface area (TPSA) is 95.3 Å². The molecule has 10 heteroatoms. The number of carbonyl (C=O) groups excluding carboxylic acids is 1. The molecule has 1 unspecified atom stereocenters. The minimum atomic E-state index is -2.48. The van der Waals surface area contributed by atoms with E-state index in [0.29, 0.717) is 11.6 Å². The molecule has 0 aliphatic heterocycles.